The lowest BCUT2D eigenvalue weighted by Crippen LogP contribution is -2.05. The van der Waals surface area contributed by atoms with Gasteiger partial charge in [0.15, 0.2) is 11.5 Å². The summed E-state index contributed by atoms with van der Waals surface area (Å²) < 4.78 is 11.5. The van der Waals surface area contributed by atoms with E-state index in [9.17, 15) is 15.0 Å². The number of benzene rings is 3. The van der Waals surface area contributed by atoms with E-state index in [1.54, 1.807) is 78.9 Å². The van der Waals surface area contributed by atoms with Gasteiger partial charge >= 0.3 is 0 Å². The maximum Gasteiger partial charge on any atom is 0.240 e. The number of ether oxygens (including phenoxy) is 1. The van der Waals surface area contributed by atoms with Crippen LogP contribution in [-0.2, 0) is 0 Å². The Morgan fingerprint density at radius 2 is 1.57 bits per heavy atom. The van der Waals surface area contributed by atoms with Crippen LogP contribution in [0.25, 0.3) is 28.2 Å². The molecule has 174 valence electrons. The molecule has 5 aromatic rings. The highest BCUT2D eigenvalue weighted by Gasteiger charge is 2.30. The number of hydrogen-bond donors (Lipinski definition) is 2. The Bertz CT molecular complexity index is 1490. The van der Waals surface area contributed by atoms with Gasteiger partial charge in [-0.1, -0.05) is 41.0 Å². The summed E-state index contributed by atoms with van der Waals surface area (Å²) in [6.07, 6.45) is 1.48. The molecule has 0 unspecified atom stereocenters. The van der Waals surface area contributed by atoms with Gasteiger partial charge in [-0.25, -0.2) is 0 Å². The van der Waals surface area contributed by atoms with E-state index in [1.807, 2.05) is 0 Å². The molecule has 0 aliphatic heterocycles. The van der Waals surface area contributed by atoms with Gasteiger partial charge < -0.3 is 19.5 Å². The standard InChI is InChI=1S/C27H19ClN2O5/c1-34-21-12-6-18(7-13-21)25(31)23-24(17-2-8-19(28)9-3-17)30(27(33)26(23)32)20-10-4-16(5-11-20)22-14-15-35-29-22/h2-15,32-33H,1H3. The lowest BCUT2D eigenvalue weighted by atomic mass is 9.99. The molecule has 0 aliphatic carbocycles. The van der Waals surface area contributed by atoms with E-state index in [0.29, 0.717) is 39.0 Å². The Kier molecular flexibility index (Phi) is 5.76. The number of halogens is 1. The molecule has 2 N–H and O–H groups in total. The normalized spacial score (nSPS) is 10.9. The molecule has 0 fully saturated rings. The van der Waals surface area contributed by atoms with Crippen LogP contribution in [-0.4, -0.2) is 32.8 Å². The second kappa shape index (κ2) is 9.04. The zero-order valence-electron chi connectivity index (χ0n) is 18.5. The van der Waals surface area contributed by atoms with Gasteiger partial charge in [0.25, 0.3) is 0 Å². The number of aromatic nitrogens is 2. The SMILES string of the molecule is COc1ccc(C(=O)c2c(O)c(O)n(-c3ccc(-c4ccon4)cc3)c2-c2ccc(Cl)cc2)cc1. The Balaban J connectivity index is 1.70. The van der Waals surface area contributed by atoms with Crippen molar-refractivity contribution in [3.63, 3.8) is 0 Å². The predicted molar refractivity (Wildman–Crippen MR) is 131 cm³/mol. The molecule has 2 aromatic heterocycles. The topological polar surface area (TPSA) is 97.7 Å². The minimum absolute atomic E-state index is 0.0319. The van der Waals surface area contributed by atoms with Crippen molar-refractivity contribution < 1.29 is 24.3 Å². The number of rotatable bonds is 6. The molecule has 0 spiro atoms. The van der Waals surface area contributed by atoms with E-state index < -0.39 is 17.4 Å². The summed E-state index contributed by atoms with van der Waals surface area (Å²) >= 11 is 6.09. The van der Waals surface area contributed by atoms with Crippen LogP contribution in [0.5, 0.6) is 17.4 Å². The summed E-state index contributed by atoms with van der Waals surface area (Å²) in [6, 6.07) is 22.2. The second-order valence-corrected chi connectivity index (χ2v) is 8.16. The Morgan fingerprint density at radius 1 is 0.914 bits per heavy atom. The number of ketones is 1. The molecular weight excluding hydrogens is 468 g/mol. The van der Waals surface area contributed by atoms with Crippen molar-refractivity contribution in [3.8, 4) is 45.6 Å². The van der Waals surface area contributed by atoms with Gasteiger partial charge in [0, 0.05) is 27.9 Å². The monoisotopic (exact) mass is 486 g/mol. The molecule has 0 amide bonds. The average molecular weight is 487 g/mol. The Labute approximate surface area is 205 Å². The lowest BCUT2D eigenvalue weighted by Gasteiger charge is -2.13. The molecule has 0 atom stereocenters. The largest absolute Gasteiger partial charge is 0.503 e. The highest BCUT2D eigenvalue weighted by Crippen LogP contribution is 2.44. The molecule has 5 rings (SSSR count). The number of carbonyl (C=O) groups excluding carboxylic acids is 1. The van der Waals surface area contributed by atoms with Crippen molar-refractivity contribution in [2.75, 3.05) is 7.11 Å². The first kappa shape index (κ1) is 22.3. The summed E-state index contributed by atoms with van der Waals surface area (Å²) in [5.74, 6) is -0.836. The van der Waals surface area contributed by atoms with E-state index in [0.717, 1.165) is 5.56 Å². The molecule has 35 heavy (non-hydrogen) atoms. The third kappa shape index (κ3) is 4.02. The van der Waals surface area contributed by atoms with Crippen LogP contribution < -0.4 is 4.74 Å². The average Bonchev–Trinajstić information content (AvgIpc) is 3.52. The molecule has 8 heteroatoms. The number of aromatic hydroxyl groups is 2. The summed E-state index contributed by atoms with van der Waals surface area (Å²) in [6.45, 7) is 0. The highest BCUT2D eigenvalue weighted by atomic mass is 35.5. The van der Waals surface area contributed by atoms with E-state index in [1.165, 1.54) is 17.9 Å². The molecular formula is C27H19ClN2O5. The van der Waals surface area contributed by atoms with Crippen LogP contribution >= 0.6 is 11.6 Å². The van der Waals surface area contributed by atoms with E-state index in [4.69, 9.17) is 20.9 Å². The molecule has 2 heterocycles. The van der Waals surface area contributed by atoms with Crippen molar-refractivity contribution in [1.82, 2.24) is 9.72 Å². The van der Waals surface area contributed by atoms with Gasteiger partial charge in [0.1, 0.15) is 17.7 Å². The predicted octanol–water partition coefficient (Wildman–Crippen LogP) is 6.10. The summed E-state index contributed by atoms with van der Waals surface area (Å²) in [5.41, 5.74) is 3.20. The maximum atomic E-state index is 13.6. The minimum atomic E-state index is -0.517. The van der Waals surface area contributed by atoms with Gasteiger partial charge in [-0.15, -0.1) is 0 Å². The molecule has 0 bridgehead atoms. The van der Waals surface area contributed by atoms with Crippen LogP contribution in [0, 0.1) is 0 Å². The zero-order valence-corrected chi connectivity index (χ0v) is 19.2. The molecule has 3 aromatic carbocycles. The van der Waals surface area contributed by atoms with E-state index in [2.05, 4.69) is 5.16 Å². The van der Waals surface area contributed by atoms with Crippen molar-refractivity contribution in [1.29, 1.82) is 0 Å². The van der Waals surface area contributed by atoms with Crippen molar-refractivity contribution in [3.05, 3.63) is 101 Å². The second-order valence-electron chi connectivity index (χ2n) is 7.73. The van der Waals surface area contributed by atoms with Crippen molar-refractivity contribution in [2.45, 2.75) is 0 Å². The van der Waals surface area contributed by atoms with Gasteiger partial charge in [-0.3, -0.25) is 9.36 Å². The van der Waals surface area contributed by atoms with Crippen LogP contribution in [0.3, 0.4) is 0 Å². The van der Waals surface area contributed by atoms with Gasteiger partial charge in [-0.05, 0) is 54.1 Å². The third-order valence-electron chi connectivity index (χ3n) is 5.68. The summed E-state index contributed by atoms with van der Waals surface area (Å²) in [5, 5.41) is 26.4. The fourth-order valence-corrected chi connectivity index (χ4v) is 4.05. The lowest BCUT2D eigenvalue weighted by molar-refractivity contribution is 0.103. The number of methoxy groups -OCH3 is 1. The van der Waals surface area contributed by atoms with Crippen LogP contribution in [0.1, 0.15) is 15.9 Å². The summed E-state index contributed by atoms with van der Waals surface area (Å²) in [7, 11) is 1.54. The fraction of sp³-hybridized carbons (Fsp3) is 0.0370. The van der Waals surface area contributed by atoms with Crippen molar-refractivity contribution >= 4 is 17.4 Å². The van der Waals surface area contributed by atoms with E-state index in [-0.39, 0.29) is 5.56 Å². The number of hydrogen-bond acceptors (Lipinski definition) is 6. The smallest absolute Gasteiger partial charge is 0.240 e. The maximum absolute atomic E-state index is 13.6. The molecule has 0 aliphatic rings. The number of carbonyl (C=O) groups is 1. The van der Waals surface area contributed by atoms with Gasteiger partial charge in [0.05, 0.1) is 18.4 Å². The Morgan fingerprint density at radius 3 is 2.17 bits per heavy atom. The highest BCUT2D eigenvalue weighted by molar-refractivity contribution is 6.30. The quantitative estimate of drug-likeness (QED) is 0.281. The first-order valence-electron chi connectivity index (χ1n) is 10.6. The van der Waals surface area contributed by atoms with Crippen LogP contribution in [0.15, 0.2) is 89.6 Å². The molecule has 0 radical (unpaired) electrons. The van der Waals surface area contributed by atoms with E-state index >= 15 is 0 Å². The molecule has 0 saturated carbocycles. The fourth-order valence-electron chi connectivity index (χ4n) is 3.92. The number of nitrogens with zero attached hydrogens (tertiary/aromatic N) is 2. The first-order chi connectivity index (χ1) is 17.0. The minimum Gasteiger partial charge on any atom is -0.503 e. The first-order valence-corrected chi connectivity index (χ1v) is 11.0. The zero-order chi connectivity index (χ0) is 24.5. The van der Waals surface area contributed by atoms with Crippen LogP contribution in [0.2, 0.25) is 5.02 Å². The molecule has 0 saturated heterocycles. The summed E-state index contributed by atoms with van der Waals surface area (Å²) in [4.78, 5) is 13.6. The third-order valence-corrected chi connectivity index (χ3v) is 5.93. The van der Waals surface area contributed by atoms with Gasteiger partial charge in [0.2, 0.25) is 5.88 Å². The molecule has 7 nitrogen and oxygen atoms in total. The van der Waals surface area contributed by atoms with Gasteiger partial charge in [-0.2, -0.15) is 0 Å². The van der Waals surface area contributed by atoms with Crippen molar-refractivity contribution in [2.24, 2.45) is 0 Å². The van der Waals surface area contributed by atoms with Crippen LogP contribution in [0.4, 0.5) is 0 Å². The Hall–Kier alpha value is -4.49.